The van der Waals surface area contributed by atoms with Crippen LogP contribution in [0.1, 0.15) is 42.3 Å². The van der Waals surface area contributed by atoms with Crippen LogP contribution in [0.3, 0.4) is 0 Å². The molecule has 0 aliphatic carbocycles. The van der Waals surface area contributed by atoms with Crippen molar-refractivity contribution in [3.63, 3.8) is 0 Å². The lowest BCUT2D eigenvalue weighted by molar-refractivity contribution is 0.0698. The summed E-state index contributed by atoms with van der Waals surface area (Å²) in [4.78, 5) is 25.3. The van der Waals surface area contributed by atoms with Crippen LogP contribution in [0.2, 0.25) is 0 Å². The molecule has 0 aliphatic rings. The zero-order valence-electron chi connectivity index (χ0n) is 17.4. The van der Waals surface area contributed by atoms with Crippen LogP contribution in [-0.4, -0.2) is 42.2 Å². The van der Waals surface area contributed by atoms with Gasteiger partial charge in [0.2, 0.25) is 0 Å². The van der Waals surface area contributed by atoms with E-state index in [0.29, 0.717) is 11.3 Å². The van der Waals surface area contributed by atoms with Crippen molar-refractivity contribution in [1.82, 2.24) is 4.90 Å². The number of benzene rings is 2. The van der Waals surface area contributed by atoms with Crippen molar-refractivity contribution in [2.45, 2.75) is 33.1 Å². The number of ether oxygens (including phenoxy) is 1. The topological polar surface area (TPSA) is 78.9 Å². The summed E-state index contributed by atoms with van der Waals surface area (Å²) in [5.41, 5.74) is 1.41. The molecule has 0 saturated carbocycles. The molecule has 29 heavy (non-hydrogen) atoms. The van der Waals surface area contributed by atoms with Crippen molar-refractivity contribution in [2.75, 3.05) is 25.5 Å². The minimum absolute atomic E-state index is 0.0316. The predicted octanol–water partition coefficient (Wildman–Crippen LogP) is 4.67. The predicted molar refractivity (Wildman–Crippen MR) is 110 cm³/mol. The van der Waals surface area contributed by atoms with Gasteiger partial charge in [0.1, 0.15) is 18.2 Å². The summed E-state index contributed by atoms with van der Waals surface area (Å²) >= 11 is 0. The number of likely N-dealkylation sites (N-methyl/N-ethyl adjacent to an activating group) is 1. The van der Waals surface area contributed by atoms with Crippen LogP contribution in [0.4, 0.5) is 14.9 Å². The van der Waals surface area contributed by atoms with Crippen LogP contribution < -0.4 is 10.1 Å². The van der Waals surface area contributed by atoms with Gasteiger partial charge in [0.05, 0.1) is 17.8 Å². The Morgan fingerprint density at radius 1 is 1.21 bits per heavy atom. The smallest absolute Gasteiger partial charge is 0.337 e. The van der Waals surface area contributed by atoms with Crippen molar-refractivity contribution in [3.8, 4) is 5.75 Å². The third-order valence-electron chi connectivity index (χ3n) is 4.52. The van der Waals surface area contributed by atoms with E-state index in [1.807, 2.05) is 20.8 Å². The molecule has 0 spiro atoms. The number of para-hydroxylation sites is 1. The second-order valence-electron chi connectivity index (χ2n) is 7.89. The third-order valence-corrected chi connectivity index (χ3v) is 4.52. The number of nitrogens with one attached hydrogen (secondary N) is 1. The summed E-state index contributed by atoms with van der Waals surface area (Å²) in [6, 6.07) is 8.73. The number of urea groups is 1. The minimum atomic E-state index is -1.11. The lowest BCUT2D eigenvalue weighted by Gasteiger charge is -2.24. The van der Waals surface area contributed by atoms with Gasteiger partial charge in [-0.05, 0) is 42.2 Å². The average Bonchev–Trinajstić information content (AvgIpc) is 2.63. The quantitative estimate of drug-likeness (QED) is 0.736. The highest BCUT2D eigenvalue weighted by Crippen LogP contribution is 2.32. The monoisotopic (exact) mass is 402 g/mol. The van der Waals surface area contributed by atoms with E-state index in [4.69, 9.17) is 4.74 Å². The SMILES string of the molecule is Cc1cccc(C(=O)O)c1NC(=O)N(C)CCOc1ccc(F)cc1C(C)(C)C. The standard InChI is InChI=1S/C22H27FN2O4/c1-14-7-6-8-16(20(26)27)19(14)24-21(28)25(5)11-12-29-18-10-9-15(23)13-17(18)22(2,3)4/h6-10,13H,11-12H2,1-5H3,(H,24,28)(H,26,27). The first-order valence-corrected chi connectivity index (χ1v) is 9.28. The number of hydrogen-bond acceptors (Lipinski definition) is 3. The Hall–Kier alpha value is -3.09. The Labute approximate surface area is 170 Å². The van der Waals surface area contributed by atoms with Crippen LogP contribution in [0.15, 0.2) is 36.4 Å². The molecule has 0 saturated heterocycles. The molecule has 2 amide bonds. The van der Waals surface area contributed by atoms with Crippen LogP contribution in [-0.2, 0) is 5.41 Å². The average molecular weight is 402 g/mol. The molecule has 2 aromatic carbocycles. The third kappa shape index (κ3) is 5.70. The molecule has 0 radical (unpaired) electrons. The minimum Gasteiger partial charge on any atom is -0.491 e. The number of hydrogen-bond donors (Lipinski definition) is 2. The van der Waals surface area contributed by atoms with Crippen molar-refractivity contribution < 1.29 is 23.8 Å². The highest BCUT2D eigenvalue weighted by Gasteiger charge is 2.20. The van der Waals surface area contributed by atoms with Crippen molar-refractivity contribution in [2.24, 2.45) is 0 Å². The fraction of sp³-hybridized carbons (Fsp3) is 0.364. The molecule has 0 bridgehead atoms. The van der Waals surface area contributed by atoms with Gasteiger partial charge in [-0.1, -0.05) is 32.9 Å². The van der Waals surface area contributed by atoms with E-state index in [0.717, 1.165) is 5.56 Å². The number of carboxylic acid groups (broad SMARTS) is 1. The Balaban J connectivity index is 2.02. The fourth-order valence-corrected chi connectivity index (χ4v) is 2.82. The summed E-state index contributed by atoms with van der Waals surface area (Å²) in [6.07, 6.45) is 0. The number of amides is 2. The molecule has 7 heteroatoms. The number of aryl methyl sites for hydroxylation is 1. The molecule has 0 fully saturated rings. The number of carbonyl (C=O) groups excluding carboxylic acids is 1. The van der Waals surface area contributed by atoms with E-state index in [9.17, 15) is 19.1 Å². The van der Waals surface area contributed by atoms with E-state index >= 15 is 0 Å². The number of aromatic carboxylic acids is 1. The van der Waals surface area contributed by atoms with Crippen LogP contribution in [0.25, 0.3) is 0 Å². The lowest BCUT2D eigenvalue weighted by atomic mass is 9.86. The van der Waals surface area contributed by atoms with Crippen molar-refractivity contribution >= 4 is 17.7 Å². The summed E-state index contributed by atoms with van der Waals surface area (Å²) in [6.45, 7) is 8.11. The highest BCUT2D eigenvalue weighted by atomic mass is 19.1. The van der Waals surface area contributed by atoms with Gasteiger partial charge in [0, 0.05) is 12.6 Å². The normalized spacial score (nSPS) is 11.1. The molecule has 2 N–H and O–H groups in total. The van der Waals surface area contributed by atoms with E-state index < -0.39 is 12.0 Å². The maximum absolute atomic E-state index is 13.6. The Kier molecular flexibility index (Phi) is 6.84. The summed E-state index contributed by atoms with van der Waals surface area (Å²) in [5, 5.41) is 12.0. The zero-order chi connectivity index (χ0) is 21.8. The number of rotatable bonds is 6. The van der Waals surface area contributed by atoms with Gasteiger partial charge in [-0.25, -0.2) is 14.0 Å². The maximum Gasteiger partial charge on any atom is 0.337 e. The zero-order valence-corrected chi connectivity index (χ0v) is 17.4. The molecule has 0 aliphatic heterocycles. The molecular weight excluding hydrogens is 375 g/mol. The number of carboxylic acids is 1. The molecule has 0 aromatic heterocycles. The van der Waals surface area contributed by atoms with E-state index in [1.165, 1.54) is 23.1 Å². The fourth-order valence-electron chi connectivity index (χ4n) is 2.82. The van der Waals surface area contributed by atoms with Crippen molar-refractivity contribution in [1.29, 1.82) is 0 Å². The molecule has 0 heterocycles. The van der Waals surface area contributed by atoms with E-state index in [2.05, 4.69) is 5.32 Å². The van der Waals surface area contributed by atoms with Crippen LogP contribution in [0, 0.1) is 12.7 Å². The van der Waals surface area contributed by atoms with E-state index in [1.54, 1.807) is 32.2 Å². The second kappa shape index (κ2) is 8.94. The molecule has 2 rings (SSSR count). The van der Waals surface area contributed by atoms with Gasteiger partial charge in [-0.15, -0.1) is 0 Å². The summed E-state index contributed by atoms with van der Waals surface area (Å²) in [5.74, 6) is -0.869. The van der Waals surface area contributed by atoms with E-state index in [-0.39, 0.29) is 35.6 Å². The number of halogens is 1. The molecular formula is C22H27FN2O4. The van der Waals surface area contributed by atoms with Gasteiger partial charge < -0.3 is 20.1 Å². The molecule has 0 unspecified atom stereocenters. The maximum atomic E-state index is 13.6. The number of anilines is 1. The first kappa shape index (κ1) is 22.2. The van der Waals surface area contributed by atoms with Gasteiger partial charge in [0.15, 0.2) is 0 Å². The molecule has 6 nitrogen and oxygen atoms in total. The van der Waals surface area contributed by atoms with Crippen molar-refractivity contribution in [3.05, 3.63) is 58.9 Å². The van der Waals surface area contributed by atoms with Gasteiger partial charge in [0.25, 0.3) is 0 Å². The second-order valence-corrected chi connectivity index (χ2v) is 7.89. The number of carbonyl (C=O) groups is 2. The molecule has 156 valence electrons. The Morgan fingerprint density at radius 3 is 2.52 bits per heavy atom. The Bertz CT molecular complexity index is 906. The van der Waals surface area contributed by atoms with Gasteiger partial charge in [-0.2, -0.15) is 0 Å². The van der Waals surface area contributed by atoms with Gasteiger partial charge >= 0.3 is 12.0 Å². The number of nitrogens with zero attached hydrogens (tertiary/aromatic N) is 1. The highest BCUT2D eigenvalue weighted by molar-refractivity contribution is 6.00. The first-order valence-electron chi connectivity index (χ1n) is 9.28. The van der Waals surface area contributed by atoms with Crippen LogP contribution in [0.5, 0.6) is 5.75 Å². The molecule has 2 aromatic rings. The largest absolute Gasteiger partial charge is 0.491 e. The van der Waals surface area contributed by atoms with Gasteiger partial charge in [-0.3, -0.25) is 0 Å². The Morgan fingerprint density at radius 2 is 1.90 bits per heavy atom. The summed E-state index contributed by atoms with van der Waals surface area (Å²) in [7, 11) is 1.59. The first-order chi connectivity index (χ1) is 13.5. The summed E-state index contributed by atoms with van der Waals surface area (Å²) < 4.78 is 19.4. The lowest BCUT2D eigenvalue weighted by Crippen LogP contribution is -2.35. The van der Waals surface area contributed by atoms with Crippen LogP contribution >= 0.6 is 0 Å². The molecule has 0 atom stereocenters.